The van der Waals surface area contributed by atoms with E-state index in [1.165, 1.54) is 12.1 Å². The number of carbonyl (C=O) groups excluding carboxylic acids is 1. The molecule has 1 aliphatic rings. The van der Waals surface area contributed by atoms with Gasteiger partial charge in [-0.25, -0.2) is 8.78 Å². The number of piperazine rings is 1. The molecule has 2 aromatic rings. The molecule has 0 aromatic heterocycles. The highest BCUT2D eigenvalue weighted by molar-refractivity contribution is 6.30. The van der Waals surface area contributed by atoms with Gasteiger partial charge in [-0.05, 0) is 36.8 Å². The Hall–Kier alpha value is -2.14. The molecular weight excluding hydrogens is 334 g/mol. The summed E-state index contributed by atoms with van der Waals surface area (Å²) in [7, 11) is 0. The molecule has 0 aliphatic carbocycles. The zero-order chi connectivity index (χ0) is 17.3. The topological polar surface area (TPSA) is 23.6 Å². The van der Waals surface area contributed by atoms with Crippen LogP contribution in [0.1, 0.15) is 15.9 Å². The summed E-state index contributed by atoms with van der Waals surface area (Å²) >= 11 is 6.06. The van der Waals surface area contributed by atoms with Crippen LogP contribution in [0.25, 0.3) is 0 Å². The first-order chi connectivity index (χ1) is 11.5. The highest BCUT2D eigenvalue weighted by atomic mass is 35.5. The minimum atomic E-state index is -1.09. The molecule has 1 aliphatic heterocycles. The van der Waals surface area contributed by atoms with Gasteiger partial charge in [0.2, 0.25) is 0 Å². The SMILES string of the molecule is Cc1ccc(Cl)cc1N1CCN(C(=O)c2cccc(F)c2F)CC1. The van der Waals surface area contributed by atoms with Crippen LogP contribution < -0.4 is 4.90 Å². The number of aryl methyl sites for hydroxylation is 1. The molecule has 0 bridgehead atoms. The summed E-state index contributed by atoms with van der Waals surface area (Å²) in [5.41, 5.74) is 1.92. The second-order valence-corrected chi connectivity index (χ2v) is 6.25. The lowest BCUT2D eigenvalue weighted by atomic mass is 10.1. The number of hydrogen-bond acceptors (Lipinski definition) is 2. The van der Waals surface area contributed by atoms with E-state index in [2.05, 4.69) is 4.90 Å². The fourth-order valence-electron chi connectivity index (χ4n) is 2.91. The summed E-state index contributed by atoms with van der Waals surface area (Å²) in [6.45, 7) is 4.13. The van der Waals surface area contributed by atoms with E-state index in [4.69, 9.17) is 11.6 Å². The normalized spacial score (nSPS) is 14.8. The molecule has 0 spiro atoms. The van der Waals surface area contributed by atoms with Crippen LogP contribution in [-0.4, -0.2) is 37.0 Å². The average Bonchev–Trinajstić information content (AvgIpc) is 2.59. The predicted octanol–water partition coefficient (Wildman–Crippen LogP) is 3.89. The van der Waals surface area contributed by atoms with Gasteiger partial charge < -0.3 is 9.80 Å². The molecule has 6 heteroatoms. The molecule has 0 saturated carbocycles. The molecule has 0 atom stereocenters. The molecule has 1 saturated heterocycles. The van der Waals surface area contributed by atoms with Crippen molar-refractivity contribution >= 4 is 23.2 Å². The van der Waals surface area contributed by atoms with Gasteiger partial charge in [-0.3, -0.25) is 4.79 Å². The quantitative estimate of drug-likeness (QED) is 0.820. The Bertz CT molecular complexity index is 774. The first-order valence-electron chi connectivity index (χ1n) is 7.72. The Labute approximate surface area is 144 Å². The Morgan fingerprint density at radius 2 is 1.79 bits per heavy atom. The van der Waals surface area contributed by atoms with Crippen molar-refractivity contribution in [1.29, 1.82) is 0 Å². The first-order valence-corrected chi connectivity index (χ1v) is 8.09. The van der Waals surface area contributed by atoms with Crippen molar-refractivity contribution in [2.24, 2.45) is 0 Å². The van der Waals surface area contributed by atoms with Crippen LogP contribution in [0.5, 0.6) is 0 Å². The van der Waals surface area contributed by atoms with E-state index in [0.717, 1.165) is 17.3 Å². The Kier molecular flexibility index (Phi) is 4.71. The zero-order valence-electron chi connectivity index (χ0n) is 13.2. The molecule has 2 aromatic carbocycles. The van der Waals surface area contributed by atoms with Crippen molar-refractivity contribution in [3.63, 3.8) is 0 Å². The van der Waals surface area contributed by atoms with Gasteiger partial charge in [-0.2, -0.15) is 0 Å². The van der Waals surface area contributed by atoms with Gasteiger partial charge in [0.1, 0.15) is 0 Å². The van der Waals surface area contributed by atoms with Crippen LogP contribution >= 0.6 is 11.6 Å². The van der Waals surface area contributed by atoms with E-state index in [1.54, 1.807) is 4.90 Å². The molecule has 24 heavy (non-hydrogen) atoms. The van der Waals surface area contributed by atoms with Crippen LogP contribution in [-0.2, 0) is 0 Å². The van der Waals surface area contributed by atoms with Gasteiger partial charge in [0.15, 0.2) is 11.6 Å². The maximum absolute atomic E-state index is 13.8. The second kappa shape index (κ2) is 6.77. The average molecular weight is 351 g/mol. The molecule has 126 valence electrons. The highest BCUT2D eigenvalue weighted by Gasteiger charge is 2.25. The minimum Gasteiger partial charge on any atom is -0.368 e. The lowest BCUT2D eigenvalue weighted by molar-refractivity contribution is 0.0741. The van der Waals surface area contributed by atoms with Gasteiger partial charge >= 0.3 is 0 Å². The summed E-state index contributed by atoms with van der Waals surface area (Å²) in [5.74, 6) is -2.57. The van der Waals surface area contributed by atoms with Gasteiger partial charge in [0, 0.05) is 36.9 Å². The Balaban J connectivity index is 1.72. The Morgan fingerprint density at radius 3 is 2.50 bits per heavy atom. The number of benzene rings is 2. The van der Waals surface area contributed by atoms with Crippen molar-refractivity contribution in [2.75, 3.05) is 31.1 Å². The zero-order valence-corrected chi connectivity index (χ0v) is 14.0. The molecule has 1 heterocycles. The van der Waals surface area contributed by atoms with E-state index >= 15 is 0 Å². The fraction of sp³-hybridized carbons (Fsp3) is 0.278. The second-order valence-electron chi connectivity index (χ2n) is 5.81. The van der Waals surface area contributed by atoms with Crippen molar-refractivity contribution < 1.29 is 13.6 Å². The molecule has 0 unspecified atom stereocenters. The van der Waals surface area contributed by atoms with Crippen LogP contribution in [0.15, 0.2) is 36.4 Å². The number of amides is 1. The van der Waals surface area contributed by atoms with Crippen molar-refractivity contribution in [1.82, 2.24) is 4.90 Å². The lowest BCUT2D eigenvalue weighted by Gasteiger charge is -2.37. The summed E-state index contributed by atoms with van der Waals surface area (Å²) in [4.78, 5) is 16.1. The Morgan fingerprint density at radius 1 is 1.08 bits per heavy atom. The number of carbonyl (C=O) groups is 1. The number of anilines is 1. The summed E-state index contributed by atoms with van der Waals surface area (Å²) in [6, 6.07) is 9.36. The maximum Gasteiger partial charge on any atom is 0.257 e. The molecule has 1 fully saturated rings. The smallest absolute Gasteiger partial charge is 0.257 e. The standard InChI is InChI=1S/C18H17ClF2N2O/c1-12-5-6-13(19)11-16(12)22-7-9-23(10-8-22)18(24)14-3-2-4-15(20)17(14)21/h2-6,11H,7-10H2,1H3. The third-order valence-corrected chi connectivity index (χ3v) is 4.50. The molecule has 3 rings (SSSR count). The summed E-state index contributed by atoms with van der Waals surface area (Å²) < 4.78 is 27.1. The van der Waals surface area contributed by atoms with Gasteiger partial charge in [-0.15, -0.1) is 0 Å². The van der Waals surface area contributed by atoms with E-state index in [0.29, 0.717) is 31.2 Å². The lowest BCUT2D eigenvalue weighted by Crippen LogP contribution is -2.49. The monoisotopic (exact) mass is 350 g/mol. The van der Waals surface area contributed by atoms with Crippen LogP contribution in [0.2, 0.25) is 5.02 Å². The molecule has 0 N–H and O–H groups in total. The number of hydrogen-bond donors (Lipinski definition) is 0. The van der Waals surface area contributed by atoms with E-state index in [9.17, 15) is 13.6 Å². The minimum absolute atomic E-state index is 0.220. The van der Waals surface area contributed by atoms with Crippen molar-refractivity contribution in [3.8, 4) is 0 Å². The van der Waals surface area contributed by atoms with Crippen LogP contribution in [0, 0.1) is 18.6 Å². The number of rotatable bonds is 2. The van der Waals surface area contributed by atoms with Gasteiger partial charge in [-0.1, -0.05) is 23.7 Å². The van der Waals surface area contributed by atoms with E-state index < -0.39 is 17.5 Å². The fourth-order valence-corrected chi connectivity index (χ4v) is 3.08. The molecular formula is C18H17ClF2N2O. The molecule has 3 nitrogen and oxygen atoms in total. The third kappa shape index (κ3) is 3.22. The molecule has 0 radical (unpaired) electrons. The van der Waals surface area contributed by atoms with Crippen molar-refractivity contribution in [2.45, 2.75) is 6.92 Å². The summed E-state index contributed by atoms with van der Waals surface area (Å²) in [5, 5.41) is 0.663. The molecule has 1 amide bonds. The highest BCUT2D eigenvalue weighted by Crippen LogP contribution is 2.25. The van der Waals surface area contributed by atoms with E-state index in [-0.39, 0.29) is 5.56 Å². The number of nitrogens with zero attached hydrogens (tertiary/aromatic N) is 2. The van der Waals surface area contributed by atoms with E-state index in [1.807, 2.05) is 25.1 Å². The van der Waals surface area contributed by atoms with Gasteiger partial charge in [0.05, 0.1) is 5.56 Å². The number of halogens is 3. The summed E-state index contributed by atoms with van der Waals surface area (Å²) in [6.07, 6.45) is 0. The van der Waals surface area contributed by atoms with Crippen LogP contribution in [0.3, 0.4) is 0 Å². The first kappa shape index (κ1) is 16.7. The third-order valence-electron chi connectivity index (χ3n) is 4.26. The van der Waals surface area contributed by atoms with Gasteiger partial charge in [0.25, 0.3) is 5.91 Å². The van der Waals surface area contributed by atoms with Crippen molar-refractivity contribution in [3.05, 3.63) is 64.2 Å². The predicted molar refractivity (Wildman–Crippen MR) is 90.7 cm³/mol. The van der Waals surface area contributed by atoms with Crippen LogP contribution in [0.4, 0.5) is 14.5 Å². The largest absolute Gasteiger partial charge is 0.368 e. The maximum atomic E-state index is 13.8.